The summed E-state index contributed by atoms with van der Waals surface area (Å²) in [5.74, 6) is 0. The maximum atomic E-state index is 11.3. The highest BCUT2D eigenvalue weighted by atomic mass is 16.3. The van der Waals surface area contributed by atoms with Crippen LogP contribution in [0, 0.1) is 0 Å². The normalized spacial score (nSPS) is 12.5. The molecule has 0 spiro atoms. The summed E-state index contributed by atoms with van der Waals surface area (Å²) in [7, 11) is 0. The minimum Gasteiger partial charge on any atom is -0.390 e. The van der Waals surface area contributed by atoms with Gasteiger partial charge in [-0.15, -0.1) is 0 Å². The molecule has 34 heavy (non-hydrogen) atoms. The maximum absolute atomic E-state index is 11.3. The summed E-state index contributed by atoms with van der Waals surface area (Å²) < 4.78 is 0. The van der Waals surface area contributed by atoms with Crippen LogP contribution in [-0.2, 0) is 12.8 Å². The molecule has 4 aromatic rings. The monoisotopic (exact) mass is 454 g/mol. The Balaban J connectivity index is 2.08. The zero-order valence-electron chi connectivity index (χ0n) is 21.1. The molecule has 0 radical (unpaired) electrons. The second-order valence-corrected chi connectivity index (χ2v) is 9.86. The van der Waals surface area contributed by atoms with Crippen molar-refractivity contribution in [1.29, 1.82) is 0 Å². The molecule has 0 amide bonds. The second-order valence-electron chi connectivity index (χ2n) is 9.86. The van der Waals surface area contributed by atoms with E-state index in [1.165, 1.54) is 43.8 Å². The molecule has 0 bridgehead atoms. The quantitative estimate of drug-likeness (QED) is 0.270. The van der Waals surface area contributed by atoms with Gasteiger partial charge in [0.15, 0.2) is 0 Å². The van der Waals surface area contributed by atoms with Gasteiger partial charge >= 0.3 is 0 Å². The smallest absolute Gasteiger partial charge is 0.0683 e. The Bertz CT molecular complexity index is 1180. The van der Waals surface area contributed by atoms with Gasteiger partial charge in [0.25, 0.3) is 0 Å². The number of hydrogen-bond acceptors (Lipinski definition) is 2. The number of fused-ring (bicyclic) bond motifs is 2. The summed E-state index contributed by atoms with van der Waals surface area (Å²) in [6.07, 6.45) is 4.06. The fourth-order valence-corrected chi connectivity index (χ4v) is 5.23. The lowest BCUT2D eigenvalue weighted by Gasteiger charge is -2.30. The van der Waals surface area contributed by atoms with Crippen molar-refractivity contribution in [2.75, 3.05) is 0 Å². The summed E-state index contributed by atoms with van der Waals surface area (Å²) in [6.45, 7) is 8.26. The molecule has 0 aromatic heterocycles. The molecular formula is C32H38O2. The van der Waals surface area contributed by atoms with Gasteiger partial charge in [-0.1, -0.05) is 100 Å². The molecule has 4 rings (SSSR count). The number of hydrogen-bond donors (Lipinski definition) is 2. The van der Waals surface area contributed by atoms with E-state index in [9.17, 15) is 10.2 Å². The minimum atomic E-state index is -0.741. The molecular weight excluding hydrogens is 416 g/mol. The molecule has 0 aliphatic heterocycles. The largest absolute Gasteiger partial charge is 0.390 e. The highest BCUT2D eigenvalue weighted by molar-refractivity contribution is 6.07. The molecule has 0 saturated carbocycles. The molecule has 2 heteroatoms. The zero-order chi connectivity index (χ0) is 24.3. The highest BCUT2D eigenvalue weighted by Gasteiger charge is 2.28. The lowest BCUT2D eigenvalue weighted by Crippen LogP contribution is -2.30. The SMILES string of the molecule is CCC(O)(CC)Cc1ccc2ccccc2c1-c1c(CC(O)(CC)CC)ccc2ccccc12. The van der Waals surface area contributed by atoms with Crippen LogP contribution in [-0.4, -0.2) is 21.4 Å². The van der Waals surface area contributed by atoms with Crippen LogP contribution < -0.4 is 0 Å². The van der Waals surface area contributed by atoms with Crippen LogP contribution in [0.25, 0.3) is 32.7 Å². The average Bonchev–Trinajstić information content (AvgIpc) is 2.88. The first-order valence-corrected chi connectivity index (χ1v) is 12.8. The molecule has 4 aromatic carbocycles. The summed E-state index contributed by atoms with van der Waals surface area (Å²) in [6, 6.07) is 25.8. The van der Waals surface area contributed by atoms with Crippen molar-refractivity contribution in [3.05, 3.63) is 83.9 Å². The zero-order valence-corrected chi connectivity index (χ0v) is 21.1. The Hall–Kier alpha value is -2.68. The molecule has 0 aliphatic carbocycles. The molecule has 0 saturated heterocycles. The molecule has 0 fully saturated rings. The van der Waals surface area contributed by atoms with Gasteiger partial charge < -0.3 is 10.2 Å². The topological polar surface area (TPSA) is 40.5 Å². The lowest BCUT2D eigenvalue weighted by atomic mass is 9.79. The first-order valence-electron chi connectivity index (χ1n) is 12.8. The van der Waals surface area contributed by atoms with Crippen molar-refractivity contribution < 1.29 is 10.2 Å². The number of aliphatic hydroxyl groups is 2. The fraction of sp³-hybridized carbons (Fsp3) is 0.375. The van der Waals surface area contributed by atoms with Crippen LogP contribution in [0.4, 0.5) is 0 Å². The summed E-state index contributed by atoms with van der Waals surface area (Å²) in [4.78, 5) is 0. The third kappa shape index (κ3) is 4.62. The maximum Gasteiger partial charge on any atom is 0.0683 e. The Labute approximate surface area is 204 Å². The van der Waals surface area contributed by atoms with E-state index in [1.807, 2.05) is 0 Å². The van der Waals surface area contributed by atoms with E-state index in [2.05, 4.69) is 100 Å². The molecule has 0 aliphatic rings. The number of rotatable bonds is 9. The predicted octanol–water partition coefficient (Wildman–Crippen LogP) is 7.85. The van der Waals surface area contributed by atoms with Crippen LogP contribution >= 0.6 is 0 Å². The Morgan fingerprint density at radius 3 is 1.21 bits per heavy atom. The van der Waals surface area contributed by atoms with E-state index in [1.54, 1.807) is 0 Å². The van der Waals surface area contributed by atoms with Gasteiger partial charge in [0.05, 0.1) is 11.2 Å². The average molecular weight is 455 g/mol. The first kappa shape index (κ1) is 24.4. The van der Waals surface area contributed by atoms with E-state index >= 15 is 0 Å². The highest BCUT2D eigenvalue weighted by Crippen LogP contribution is 2.42. The first-order chi connectivity index (χ1) is 16.4. The van der Waals surface area contributed by atoms with Crippen LogP contribution in [0.2, 0.25) is 0 Å². The van der Waals surface area contributed by atoms with E-state index in [4.69, 9.17) is 0 Å². The summed E-state index contributed by atoms with van der Waals surface area (Å²) in [5.41, 5.74) is 3.24. The molecule has 2 N–H and O–H groups in total. The van der Waals surface area contributed by atoms with E-state index in [-0.39, 0.29) is 0 Å². The van der Waals surface area contributed by atoms with E-state index in [0.717, 1.165) is 0 Å². The Morgan fingerprint density at radius 2 is 0.853 bits per heavy atom. The van der Waals surface area contributed by atoms with Gasteiger partial charge in [0.2, 0.25) is 0 Å². The van der Waals surface area contributed by atoms with Crippen molar-refractivity contribution in [2.45, 2.75) is 77.4 Å². The molecule has 0 unspecified atom stereocenters. The Kier molecular flexibility index (Phi) is 7.12. The van der Waals surface area contributed by atoms with Crippen LogP contribution in [0.5, 0.6) is 0 Å². The van der Waals surface area contributed by atoms with Crippen LogP contribution in [0.3, 0.4) is 0 Å². The van der Waals surface area contributed by atoms with Crippen LogP contribution in [0.15, 0.2) is 72.8 Å². The molecule has 178 valence electrons. The molecule has 0 heterocycles. The standard InChI is InChI=1S/C32H38O2/c1-5-31(33,6-2)21-25-19-17-23-13-9-11-15-27(23)29(25)30-26(22-32(34,7-3)8-4)20-18-24-14-10-12-16-28(24)30/h9-20,33-34H,5-8,21-22H2,1-4H3. The van der Waals surface area contributed by atoms with Crippen molar-refractivity contribution >= 4 is 21.5 Å². The van der Waals surface area contributed by atoms with Crippen molar-refractivity contribution in [1.82, 2.24) is 0 Å². The minimum absolute atomic E-state index is 0.606. The van der Waals surface area contributed by atoms with Gasteiger partial charge in [-0.25, -0.2) is 0 Å². The number of benzene rings is 4. The van der Waals surface area contributed by atoms with E-state index < -0.39 is 11.2 Å². The Morgan fingerprint density at radius 1 is 0.500 bits per heavy atom. The van der Waals surface area contributed by atoms with Gasteiger partial charge in [-0.05, 0) is 69.5 Å². The predicted molar refractivity (Wildman–Crippen MR) is 145 cm³/mol. The molecule has 0 atom stereocenters. The molecule has 2 nitrogen and oxygen atoms in total. The van der Waals surface area contributed by atoms with Crippen molar-refractivity contribution in [2.24, 2.45) is 0 Å². The van der Waals surface area contributed by atoms with Gasteiger partial charge in [-0.2, -0.15) is 0 Å². The third-order valence-electron chi connectivity index (χ3n) is 7.95. The lowest BCUT2D eigenvalue weighted by molar-refractivity contribution is 0.0320. The third-order valence-corrected chi connectivity index (χ3v) is 7.95. The summed E-state index contributed by atoms with van der Waals surface area (Å²) in [5, 5.41) is 27.4. The van der Waals surface area contributed by atoms with Crippen molar-refractivity contribution in [3.8, 4) is 11.1 Å². The van der Waals surface area contributed by atoms with Crippen LogP contribution in [0.1, 0.15) is 64.5 Å². The second kappa shape index (κ2) is 9.90. The van der Waals surface area contributed by atoms with Gasteiger partial charge in [-0.3, -0.25) is 0 Å². The van der Waals surface area contributed by atoms with Crippen molar-refractivity contribution in [3.63, 3.8) is 0 Å². The van der Waals surface area contributed by atoms with Gasteiger partial charge in [0, 0.05) is 12.8 Å². The van der Waals surface area contributed by atoms with Gasteiger partial charge in [0.1, 0.15) is 0 Å². The summed E-state index contributed by atoms with van der Waals surface area (Å²) >= 11 is 0. The van der Waals surface area contributed by atoms with E-state index in [0.29, 0.717) is 38.5 Å². The fourth-order valence-electron chi connectivity index (χ4n) is 5.23.